The van der Waals surface area contributed by atoms with Gasteiger partial charge < -0.3 is 19.5 Å². The number of aryl methyl sites for hydroxylation is 1. The van der Waals surface area contributed by atoms with Crippen LogP contribution in [0.3, 0.4) is 0 Å². The van der Waals surface area contributed by atoms with Gasteiger partial charge in [0.15, 0.2) is 0 Å². The van der Waals surface area contributed by atoms with Crippen molar-refractivity contribution >= 4 is 27.5 Å². The molecule has 140 valence electrons. The molecule has 0 saturated carbocycles. The average molecular weight is 422 g/mol. The molecule has 1 amide bonds. The quantitative estimate of drug-likeness (QED) is 0.589. The maximum atomic E-state index is 12.2. The Balaban J connectivity index is 1.82. The van der Waals surface area contributed by atoms with Crippen LogP contribution in [0, 0.1) is 0 Å². The lowest BCUT2D eigenvalue weighted by Crippen LogP contribution is -2.13. The molecule has 2 rings (SSSR count). The zero-order chi connectivity index (χ0) is 18.9. The number of anilines is 1. The van der Waals surface area contributed by atoms with Gasteiger partial charge in [-0.25, -0.2) is 0 Å². The van der Waals surface area contributed by atoms with Crippen LogP contribution in [0.25, 0.3) is 0 Å². The third-order valence-corrected chi connectivity index (χ3v) is 4.51. The van der Waals surface area contributed by atoms with Gasteiger partial charge in [-0.2, -0.15) is 0 Å². The molecular weight excluding hydrogens is 398 g/mol. The lowest BCUT2D eigenvalue weighted by atomic mass is 10.2. The maximum Gasteiger partial charge on any atom is 0.224 e. The van der Waals surface area contributed by atoms with Crippen molar-refractivity contribution in [2.45, 2.75) is 26.2 Å². The first-order chi connectivity index (χ1) is 12.6. The second-order valence-electron chi connectivity index (χ2n) is 5.68. The third-order valence-electron chi connectivity index (χ3n) is 3.89. The van der Waals surface area contributed by atoms with Crippen LogP contribution in [0.4, 0.5) is 5.69 Å². The lowest BCUT2D eigenvalue weighted by Gasteiger charge is -2.12. The van der Waals surface area contributed by atoms with E-state index < -0.39 is 0 Å². The van der Waals surface area contributed by atoms with Crippen LogP contribution in [0.1, 0.15) is 25.3 Å². The van der Waals surface area contributed by atoms with E-state index in [0.717, 1.165) is 16.6 Å². The van der Waals surface area contributed by atoms with E-state index in [1.807, 2.05) is 12.1 Å². The molecule has 0 aliphatic rings. The van der Waals surface area contributed by atoms with Crippen molar-refractivity contribution in [1.82, 2.24) is 0 Å². The van der Waals surface area contributed by atoms with E-state index in [-0.39, 0.29) is 5.91 Å². The molecule has 0 unspecified atom stereocenters. The molecule has 0 aromatic heterocycles. The van der Waals surface area contributed by atoms with Gasteiger partial charge in [-0.15, -0.1) is 0 Å². The van der Waals surface area contributed by atoms with E-state index >= 15 is 0 Å². The van der Waals surface area contributed by atoms with Gasteiger partial charge in [-0.1, -0.05) is 13.0 Å². The first kappa shape index (κ1) is 20.1. The van der Waals surface area contributed by atoms with Crippen LogP contribution in [-0.2, 0) is 11.2 Å². The largest absolute Gasteiger partial charge is 0.497 e. The van der Waals surface area contributed by atoms with Gasteiger partial charge in [0, 0.05) is 12.5 Å². The van der Waals surface area contributed by atoms with Gasteiger partial charge in [0.1, 0.15) is 17.2 Å². The summed E-state index contributed by atoms with van der Waals surface area (Å²) in [7, 11) is 3.14. The van der Waals surface area contributed by atoms with Gasteiger partial charge in [0.25, 0.3) is 0 Å². The minimum atomic E-state index is -0.0967. The molecular formula is C20H24BrNO4. The second kappa shape index (κ2) is 10.1. The summed E-state index contributed by atoms with van der Waals surface area (Å²) in [6.45, 7) is 2.57. The molecule has 1 N–H and O–H groups in total. The molecule has 0 aliphatic heterocycles. The SMILES string of the molecule is CCc1ccc(OCCCC(=O)Nc2cc(OC)ccc2OC)c(Br)c1. The van der Waals surface area contributed by atoms with E-state index in [1.165, 1.54) is 5.56 Å². The fraction of sp³-hybridized carbons (Fsp3) is 0.350. The summed E-state index contributed by atoms with van der Waals surface area (Å²) < 4.78 is 17.1. The van der Waals surface area contributed by atoms with Gasteiger partial charge in [0.05, 0.1) is 31.0 Å². The van der Waals surface area contributed by atoms with Crippen LogP contribution >= 0.6 is 15.9 Å². The molecule has 0 saturated heterocycles. The number of halogens is 1. The number of nitrogens with one attached hydrogen (secondary N) is 1. The van der Waals surface area contributed by atoms with Crippen LogP contribution in [-0.4, -0.2) is 26.7 Å². The van der Waals surface area contributed by atoms with Crippen LogP contribution in [0.5, 0.6) is 17.2 Å². The number of carbonyl (C=O) groups is 1. The number of hydrogen-bond donors (Lipinski definition) is 1. The first-order valence-corrected chi connectivity index (χ1v) is 9.29. The standard InChI is InChI=1S/C20H24BrNO4/c1-4-14-7-9-18(16(21)12-14)26-11-5-6-20(23)22-17-13-15(24-2)8-10-19(17)25-3/h7-10,12-13H,4-6,11H2,1-3H3,(H,22,23). The number of benzene rings is 2. The molecule has 2 aromatic carbocycles. The van der Waals surface area contributed by atoms with Crippen molar-refractivity contribution in [2.75, 3.05) is 26.1 Å². The predicted molar refractivity (Wildman–Crippen MR) is 106 cm³/mol. The molecule has 0 spiro atoms. The zero-order valence-corrected chi connectivity index (χ0v) is 16.9. The summed E-state index contributed by atoms with van der Waals surface area (Å²) in [5.41, 5.74) is 1.84. The van der Waals surface area contributed by atoms with E-state index in [2.05, 4.69) is 34.2 Å². The fourth-order valence-corrected chi connectivity index (χ4v) is 2.96. The van der Waals surface area contributed by atoms with E-state index in [4.69, 9.17) is 14.2 Å². The number of rotatable bonds is 9. The average Bonchev–Trinajstić information content (AvgIpc) is 2.66. The maximum absolute atomic E-state index is 12.2. The second-order valence-corrected chi connectivity index (χ2v) is 6.54. The summed E-state index contributed by atoms with van der Waals surface area (Å²) in [6.07, 6.45) is 1.94. The van der Waals surface area contributed by atoms with Crippen molar-refractivity contribution in [3.05, 3.63) is 46.4 Å². The highest BCUT2D eigenvalue weighted by atomic mass is 79.9. The number of carbonyl (C=O) groups excluding carboxylic acids is 1. The molecule has 5 nitrogen and oxygen atoms in total. The summed E-state index contributed by atoms with van der Waals surface area (Å²) in [6, 6.07) is 11.3. The minimum Gasteiger partial charge on any atom is -0.497 e. The van der Waals surface area contributed by atoms with Gasteiger partial charge in [-0.05, 0) is 58.6 Å². The molecule has 0 atom stereocenters. The Kier molecular flexibility index (Phi) is 7.78. The Morgan fingerprint density at radius 3 is 2.50 bits per heavy atom. The van der Waals surface area contributed by atoms with Crippen molar-refractivity contribution in [3.8, 4) is 17.2 Å². The van der Waals surface area contributed by atoms with Crippen molar-refractivity contribution in [1.29, 1.82) is 0 Å². The van der Waals surface area contributed by atoms with Crippen LogP contribution in [0.15, 0.2) is 40.9 Å². The highest BCUT2D eigenvalue weighted by Crippen LogP contribution is 2.29. The third kappa shape index (κ3) is 5.66. The van der Waals surface area contributed by atoms with Crippen LogP contribution < -0.4 is 19.5 Å². The highest BCUT2D eigenvalue weighted by Gasteiger charge is 2.09. The smallest absolute Gasteiger partial charge is 0.224 e. The van der Waals surface area contributed by atoms with Crippen molar-refractivity contribution in [3.63, 3.8) is 0 Å². The fourth-order valence-electron chi connectivity index (χ4n) is 2.42. The van der Waals surface area contributed by atoms with Gasteiger partial charge in [0.2, 0.25) is 5.91 Å². The molecule has 6 heteroatoms. The van der Waals surface area contributed by atoms with Crippen LogP contribution in [0.2, 0.25) is 0 Å². The topological polar surface area (TPSA) is 56.8 Å². The summed E-state index contributed by atoms with van der Waals surface area (Å²) in [5.74, 6) is 1.94. The Bertz CT molecular complexity index is 749. The van der Waals surface area contributed by atoms with Gasteiger partial charge >= 0.3 is 0 Å². The van der Waals surface area contributed by atoms with Crippen molar-refractivity contribution in [2.24, 2.45) is 0 Å². The molecule has 0 heterocycles. The zero-order valence-electron chi connectivity index (χ0n) is 15.3. The molecule has 0 fully saturated rings. The number of methoxy groups -OCH3 is 2. The molecule has 0 aliphatic carbocycles. The summed E-state index contributed by atoms with van der Waals surface area (Å²) in [5, 5.41) is 2.85. The summed E-state index contributed by atoms with van der Waals surface area (Å²) >= 11 is 3.51. The number of hydrogen-bond acceptors (Lipinski definition) is 4. The lowest BCUT2D eigenvalue weighted by molar-refractivity contribution is -0.116. The minimum absolute atomic E-state index is 0.0967. The van der Waals surface area contributed by atoms with Crippen molar-refractivity contribution < 1.29 is 19.0 Å². The molecule has 2 aromatic rings. The number of ether oxygens (including phenoxy) is 3. The number of amides is 1. The normalized spacial score (nSPS) is 10.3. The highest BCUT2D eigenvalue weighted by molar-refractivity contribution is 9.10. The Hall–Kier alpha value is -2.21. The molecule has 0 bridgehead atoms. The molecule has 26 heavy (non-hydrogen) atoms. The van der Waals surface area contributed by atoms with E-state index in [9.17, 15) is 4.79 Å². The van der Waals surface area contributed by atoms with E-state index in [1.54, 1.807) is 32.4 Å². The summed E-state index contributed by atoms with van der Waals surface area (Å²) in [4.78, 5) is 12.2. The predicted octanol–water partition coefficient (Wildman–Crippen LogP) is 4.83. The first-order valence-electron chi connectivity index (χ1n) is 8.50. The van der Waals surface area contributed by atoms with E-state index in [0.29, 0.717) is 36.6 Å². The Morgan fingerprint density at radius 2 is 1.85 bits per heavy atom. The Labute approximate surface area is 162 Å². The Morgan fingerprint density at radius 1 is 1.08 bits per heavy atom. The van der Waals surface area contributed by atoms with Gasteiger partial charge in [-0.3, -0.25) is 4.79 Å². The molecule has 0 radical (unpaired) electrons. The monoisotopic (exact) mass is 421 g/mol.